The molecule has 17 heavy (non-hydrogen) atoms. The van der Waals surface area contributed by atoms with Crippen molar-refractivity contribution in [3.8, 4) is 0 Å². The van der Waals surface area contributed by atoms with Crippen LogP contribution in [-0.2, 0) is 9.53 Å². The van der Waals surface area contributed by atoms with Crippen molar-refractivity contribution in [2.24, 2.45) is 0 Å². The minimum atomic E-state index is -1.44. The van der Waals surface area contributed by atoms with Gasteiger partial charge >= 0.3 is 12.0 Å². The van der Waals surface area contributed by atoms with Gasteiger partial charge in [-0.2, -0.15) is 0 Å². The number of amides is 2. The van der Waals surface area contributed by atoms with Gasteiger partial charge in [0.25, 0.3) is 0 Å². The summed E-state index contributed by atoms with van der Waals surface area (Å²) in [4.78, 5) is 21.4. The fourth-order valence-corrected chi connectivity index (χ4v) is 0.968. The maximum Gasteiger partial charge on any atom is 0.332 e. The van der Waals surface area contributed by atoms with Crippen molar-refractivity contribution in [1.82, 2.24) is 10.6 Å². The second-order valence-electron chi connectivity index (χ2n) is 3.74. The van der Waals surface area contributed by atoms with Gasteiger partial charge in [-0.3, -0.25) is 0 Å². The Bertz CT molecular complexity index is 245. The van der Waals surface area contributed by atoms with Gasteiger partial charge in [-0.05, 0) is 13.8 Å². The van der Waals surface area contributed by atoms with Gasteiger partial charge in [-0.15, -0.1) is 0 Å². The van der Waals surface area contributed by atoms with Gasteiger partial charge < -0.3 is 25.6 Å². The molecule has 0 spiro atoms. The summed E-state index contributed by atoms with van der Waals surface area (Å²) in [6, 6.07) is -0.407. The summed E-state index contributed by atoms with van der Waals surface area (Å²) in [6.45, 7) is 4.69. The van der Waals surface area contributed by atoms with E-state index in [1.807, 2.05) is 13.8 Å². The van der Waals surface area contributed by atoms with Crippen molar-refractivity contribution in [2.45, 2.75) is 32.5 Å². The van der Waals surface area contributed by atoms with Crippen LogP contribution in [0.25, 0.3) is 0 Å². The van der Waals surface area contributed by atoms with Crippen LogP contribution in [0.1, 0.15) is 20.3 Å². The monoisotopic (exact) mass is 248 g/mol. The number of hydrogen-bond acceptors (Lipinski definition) is 4. The molecule has 0 unspecified atom stereocenters. The molecule has 0 aromatic rings. The van der Waals surface area contributed by atoms with Crippen LogP contribution in [0, 0.1) is 0 Å². The summed E-state index contributed by atoms with van der Waals surface area (Å²) in [5.74, 6) is -1.29. The molecule has 0 bridgehead atoms. The molecule has 100 valence electrons. The third-order valence-corrected chi connectivity index (χ3v) is 1.83. The lowest BCUT2D eigenvalue weighted by Gasteiger charge is -2.10. The Morgan fingerprint density at radius 1 is 1.24 bits per heavy atom. The zero-order valence-corrected chi connectivity index (χ0v) is 10.1. The van der Waals surface area contributed by atoms with Crippen LogP contribution in [0.15, 0.2) is 0 Å². The first-order valence-corrected chi connectivity index (χ1v) is 5.47. The highest BCUT2D eigenvalue weighted by Gasteiger charge is 2.12. The van der Waals surface area contributed by atoms with Crippen LogP contribution in [0.2, 0.25) is 0 Å². The first-order chi connectivity index (χ1) is 7.93. The molecule has 0 aromatic heterocycles. The van der Waals surface area contributed by atoms with Crippen molar-refractivity contribution in [2.75, 3.05) is 19.7 Å². The number of carboxylic acids is 1. The molecule has 0 aliphatic rings. The standard InChI is InChI=1S/C10H20N2O5/c1-7(2)17-6-5-12-10(16)11-4-3-8(13)9(14)15/h7-8,13H,3-6H2,1-2H3,(H,14,15)(H2,11,12,16)/t8-/m0/s1. The number of ether oxygens (including phenoxy) is 1. The minimum absolute atomic E-state index is 0.0226. The number of urea groups is 1. The molecule has 0 heterocycles. The van der Waals surface area contributed by atoms with Gasteiger partial charge in [0.1, 0.15) is 0 Å². The summed E-state index contributed by atoms with van der Waals surface area (Å²) >= 11 is 0. The molecule has 7 heteroatoms. The molecule has 0 aromatic carbocycles. The summed E-state index contributed by atoms with van der Waals surface area (Å²) in [5.41, 5.74) is 0. The third-order valence-electron chi connectivity index (χ3n) is 1.83. The maximum absolute atomic E-state index is 11.1. The van der Waals surface area contributed by atoms with Crippen LogP contribution in [-0.4, -0.2) is 54.1 Å². The van der Waals surface area contributed by atoms with Crippen molar-refractivity contribution in [1.29, 1.82) is 0 Å². The molecular weight excluding hydrogens is 228 g/mol. The summed E-state index contributed by atoms with van der Waals surface area (Å²) in [6.07, 6.45) is -1.35. The number of hydrogen-bond donors (Lipinski definition) is 4. The molecule has 7 nitrogen and oxygen atoms in total. The molecule has 0 aliphatic carbocycles. The zero-order valence-electron chi connectivity index (χ0n) is 10.1. The van der Waals surface area contributed by atoms with E-state index in [4.69, 9.17) is 14.9 Å². The number of aliphatic hydroxyl groups excluding tert-OH is 1. The average Bonchev–Trinajstić information content (AvgIpc) is 2.23. The Balaban J connectivity index is 3.44. The van der Waals surface area contributed by atoms with E-state index in [1.165, 1.54) is 0 Å². The van der Waals surface area contributed by atoms with Gasteiger partial charge in [-0.1, -0.05) is 0 Å². The van der Waals surface area contributed by atoms with E-state index in [0.29, 0.717) is 13.2 Å². The third kappa shape index (κ3) is 9.58. The Labute approximate surface area is 100 Å². The fraction of sp³-hybridized carbons (Fsp3) is 0.800. The van der Waals surface area contributed by atoms with Gasteiger partial charge in [0.15, 0.2) is 6.10 Å². The van der Waals surface area contributed by atoms with E-state index in [0.717, 1.165) is 0 Å². The van der Waals surface area contributed by atoms with Gasteiger partial charge in [0.2, 0.25) is 0 Å². The predicted molar refractivity (Wildman–Crippen MR) is 60.7 cm³/mol. The highest BCUT2D eigenvalue weighted by Crippen LogP contribution is 1.89. The molecule has 0 saturated carbocycles. The molecule has 0 fully saturated rings. The highest BCUT2D eigenvalue weighted by atomic mass is 16.5. The number of carboxylic acid groups (broad SMARTS) is 1. The Morgan fingerprint density at radius 3 is 2.35 bits per heavy atom. The van der Waals surface area contributed by atoms with E-state index in [2.05, 4.69) is 10.6 Å². The molecule has 2 amide bonds. The highest BCUT2D eigenvalue weighted by molar-refractivity contribution is 5.74. The lowest BCUT2D eigenvalue weighted by atomic mass is 10.2. The smallest absolute Gasteiger partial charge is 0.332 e. The van der Waals surface area contributed by atoms with Crippen LogP contribution in [0.4, 0.5) is 4.79 Å². The van der Waals surface area contributed by atoms with Crippen LogP contribution in [0.5, 0.6) is 0 Å². The van der Waals surface area contributed by atoms with Crippen molar-refractivity contribution in [3.63, 3.8) is 0 Å². The fourth-order valence-electron chi connectivity index (χ4n) is 0.968. The number of carbonyl (C=O) groups excluding carboxylic acids is 1. The molecule has 0 radical (unpaired) electrons. The molecule has 0 aliphatic heterocycles. The van der Waals surface area contributed by atoms with Crippen LogP contribution >= 0.6 is 0 Å². The minimum Gasteiger partial charge on any atom is -0.479 e. The lowest BCUT2D eigenvalue weighted by molar-refractivity contribution is -0.146. The van der Waals surface area contributed by atoms with E-state index in [1.54, 1.807) is 0 Å². The van der Waals surface area contributed by atoms with Crippen molar-refractivity contribution < 1.29 is 24.5 Å². The van der Waals surface area contributed by atoms with E-state index in [-0.39, 0.29) is 19.1 Å². The first-order valence-electron chi connectivity index (χ1n) is 5.47. The maximum atomic E-state index is 11.1. The predicted octanol–water partition coefficient (Wildman–Crippen LogP) is -0.454. The van der Waals surface area contributed by atoms with Gasteiger partial charge in [0, 0.05) is 19.5 Å². The zero-order chi connectivity index (χ0) is 13.3. The second kappa shape index (κ2) is 8.77. The normalized spacial score (nSPS) is 12.2. The number of nitrogens with one attached hydrogen (secondary N) is 2. The van der Waals surface area contributed by atoms with Gasteiger partial charge in [-0.25, -0.2) is 9.59 Å². The summed E-state index contributed by atoms with van der Waals surface area (Å²) in [5, 5.41) is 22.3. The average molecular weight is 248 g/mol. The molecule has 0 saturated heterocycles. The van der Waals surface area contributed by atoms with Crippen molar-refractivity contribution in [3.05, 3.63) is 0 Å². The number of aliphatic carboxylic acids is 1. The molecule has 1 atom stereocenters. The molecule has 4 N–H and O–H groups in total. The number of aliphatic hydroxyl groups is 1. The van der Waals surface area contributed by atoms with E-state index >= 15 is 0 Å². The van der Waals surface area contributed by atoms with E-state index < -0.39 is 18.1 Å². The Morgan fingerprint density at radius 2 is 1.82 bits per heavy atom. The van der Waals surface area contributed by atoms with E-state index in [9.17, 15) is 9.59 Å². The SMILES string of the molecule is CC(C)OCCNC(=O)NCC[C@H](O)C(=O)O. The van der Waals surface area contributed by atoms with Crippen LogP contribution < -0.4 is 10.6 Å². The number of rotatable bonds is 8. The topological polar surface area (TPSA) is 108 Å². The molecule has 0 rings (SSSR count). The molecular formula is C10H20N2O5. The van der Waals surface area contributed by atoms with Gasteiger partial charge in [0.05, 0.1) is 12.7 Å². The Kier molecular flexibility index (Phi) is 8.08. The number of carbonyl (C=O) groups is 2. The van der Waals surface area contributed by atoms with Crippen molar-refractivity contribution >= 4 is 12.0 Å². The lowest BCUT2D eigenvalue weighted by Crippen LogP contribution is -2.39. The largest absolute Gasteiger partial charge is 0.479 e. The first kappa shape index (κ1) is 15.7. The Hall–Kier alpha value is -1.34. The summed E-state index contributed by atoms with van der Waals surface area (Å²) < 4.78 is 5.21. The summed E-state index contributed by atoms with van der Waals surface area (Å²) in [7, 11) is 0. The van der Waals surface area contributed by atoms with Crippen LogP contribution in [0.3, 0.4) is 0 Å². The quantitative estimate of drug-likeness (QED) is 0.435. The second-order valence-corrected chi connectivity index (χ2v) is 3.74.